The molecule has 7 nitrogen and oxygen atoms in total. The number of aryl methyl sites for hydroxylation is 2. The fourth-order valence-electron chi connectivity index (χ4n) is 3.96. The van der Waals surface area contributed by atoms with Crippen molar-refractivity contribution in [3.63, 3.8) is 0 Å². The summed E-state index contributed by atoms with van der Waals surface area (Å²) in [5.74, 6) is -0.383. The van der Waals surface area contributed by atoms with Crippen molar-refractivity contribution in [3.05, 3.63) is 58.1 Å². The molecule has 3 aromatic rings. The molecule has 186 valence electrons. The number of aromatic hydroxyl groups is 1. The molecule has 1 aromatic heterocycles. The number of hydrogen-bond acceptors (Lipinski definition) is 4. The first-order valence-corrected chi connectivity index (χ1v) is 13.0. The van der Waals surface area contributed by atoms with Crippen LogP contribution in [0.15, 0.2) is 57.2 Å². The lowest BCUT2D eigenvalue weighted by atomic mass is 10.1. The van der Waals surface area contributed by atoms with Crippen molar-refractivity contribution in [2.45, 2.75) is 65.3 Å². The number of fused-ring (bicyclic) bond motifs is 1. The van der Waals surface area contributed by atoms with Crippen molar-refractivity contribution in [2.75, 3.05) is 6.54 Å². The molecule has 1 heterocycles. The van der Waals surface area contributed by atoms with Crippen LogP contribution in [-0.2, 0) is 11.3 Å². The van der Waals surface area contributed by atoms with Crippen LogP contribution < -0.4 is 5.32 Å². The molecule has 0 radical (unpaired) electrons. The molecular formula is C27H33BrN4O3. The first kappa shape index (κ1) is 26.6. The molecule has 3 rings (SSSR count). The van der Waals surface area contributed by atoms with Crippen molar-refractivity contribution in [1.82, 2.24) is 9.88 Å². The van der Waals surface area contributed by atoms with E-state index >= 15 is 0 Å². The number of carbonyl (C=O) groups excluding carboxylic acids is 2. The summed E-state index contributed by atoms with van der Waals surface area (Å²) in [6.07, 6.45) is 5.62. The number of halogens is 1. The lowest BCUT2D eigenvalue weighted by Gasteiger charge is -2.06. The minimum absolute atomic E-state index is 0.0547. The molecule has 2 N–H and O–H groups in total. The van der Waals surface area contributed by atoms with Gasteiger partial charge in [-0.15, -0.1) is 10.2 Å². The Morgan fingerprint density at radius 3 is 2.63 bits per heavy atom. The molecular weight excluding hydrogens is 508 g/mol. The molecule has 0 fully saturated rings. The maximum atomic E-state index is 12.3. The molecule has 2 amide bonds. The fraction of sp³-hybridized carbons (Fsp3) is 0.407. The van der Waals surface area contributed by atoms with Gasteiger partial charge in [-0.3, -0.25) is 9.59 Å². The SMILES string of the molecule is CCCCCn1c(O)c(N=NC(=O)CCCCCNC(=O)c2ccccc2Br)c2cc(C)ccc21. The molecule has 0 aliphatic carbocycles. The maximum Gasteiger partial charge on any atom is 0.264 e. The Balaban J connectivity index is 1.50. The van der Waals surface area contributed by atoms with Crippen molar-refractivity contribution >= 4 is 44.3 Å². The minimum atomic E-state index is -0.318. The van der Waals surface area contributed by atoms with Crippen LogP contribution in [0.1, 0.15) is 67.8 Å². The van der Waals surface area contributed by atoms with E-state index in [1.54, 1.807) is 6.07 Å². The van der Waals surface area contributed by atoms with Crippen LogP contribution in [0.3, 0.4) is 0 Å². The lowest BCUT2D eigenvalue weighted by molar-refractivity contribution is -0.118. The summed E-state index contributed by atoms with van der Waals surface area (Å²) in [7, 11) is 0. The Morgan fingerprint density at radius 1 is 1.06 bits per heavy atom. The Kier molecular flexibility index (Phi) is 10.0. The van der Waals surface area contributed by atoms with Gasteiger partial charge in [-0.1, -0.05) is 49.9 Å². The number of azo groups is 1. The van der Waals surface area contributed by atoms with Gasteiger partial charge in [-0.2, -0.15) is 0 Å². The molecule has 0 saturated heterocycles. The zero-order chi connectivity index (χ0) is 25.2. The van der Waals surface area contributed by atoms with E-state index in [0.29, 0.717) is 30.8 Å². The molecule has 0 unspecified atom stereocenters. The normalized spacial score (nSPS) is 11.4. The van der Waals surface area contributed by atoms with Gasteiger partial charge in [0.25, 0.3) is 11.8 Å². The summed E-state index contributed by atoms with van der Waals surface area (Å²) < 4.78 is 2.62. The van der Waals surface area contributed by atoms with Gasteiger partial charge in [0.1, 0.15) is 0 Å². The highest BCUT2D eigenvalue weighted by Gasteiger charge is 2.17. The van der Waals surface area contributed by atoms with Crippen LogP contribution in [-0.4, -0.2) is 28.0 Å². The average molecular weight is 541 g/mol. The smallest absolute Gasteiger partial charge is 0.264 e. The standard InChI is InChI=1S/C27H33BrN4O3/c1-3-4-10-17-32-23-15-14-19(2)18-21(23)25(27(32)35)31-30-24(33)13-6-5-9-16-29-26(34)20-11-7-8-12-22(20)28/h7-8,11-12,14-15,18,35H,3-6,9-10,13,16-17H2,1-2H3,(H,29,34). The van der Waals surface area contributed by atoms with E-state index in [-0.39, 0.29) is 24.1 Å². The molecule has 0 saturated carbocycles. The van der Waals surface area contributed by atoms with Gasteiger partial charge in [0.15, 0.2) is 5.69 Å². The molecule has 0 atom stereocenters. The summed E-state index contributed by atoms with van der Waals surface area (Å²) in [5, 5.41) is 22.5. The topological polar surface area (TPSA) is 96.0 Å². The van der Waals surface area contributed by atoms with Crippen LogP contribution in [0.5, 0.6) is 5.88 Å². The largest absolute Gasteiger partial charge is 0.493 e. The van der Waals surface area contributed by atoms with E-state index in [4.69, 9.17) is 0 Å². The van der Waals surface area contributed by atoms with Gasteiger partial charge in [0.2, 0.25) is 5.88 Å². The Labute approximate surface area is 214 Å². The van der Waals surface area contributed by atoms with E-state index in [1.807, 2.05) is 47.9 Å². The number of benzene rings is 2. The second-order valence-corrected chi connectivity index (χ2v) is 9.55. The zero-order valence-electron chi connectivity index (χ0n) is 20.4. The highest BCUT2D eigenvalue weighted by Crippen LogP contribution is 2.39. The third kappa shape index (κ3) is 7.24. The van der Waals surface area contributed by atoms with Crippen molar-refractivity contribution in [3.8, 4) is 5.88 Å². The van der Waals surface area contributed by atoms with E-state index in [2.05, 4.69) is 38.4 Å². The van der Waals surface area contributed by atoms with Crippen LogP contribution >= 0.6 is 15.9 Å². The van der Waals surface area contributed by atoms with Crippen LogP contribution in [0.2, 0.25) is 0 Å². The maximum absolute atomic E-state index is 12.3. The van der Waals surface area contributed by atoms with Gasteiger partial charge in [0.05, 0.1) is 11.1 Å². The Hall–Kier alpha value is -3.00. The van der Waals surface area contributed by atoms with Gasteiger partial charge in [-0.05, 0) is 66.4 Å². The predicted octanol–water partition coefficient (Wildman–Crippen LogP) is 7.21. The second kappa shape index (κ2) is 13.2. The molecule has 0 bridgehead atoms. The molecule has 8 heteroatoms. The fourth-order valence-corrected chi connectivity index (χ4v) is 4.42. The number of hydrogen-bond donors (Lipinski definition) is 2. The molecule has 0 aliphatic rings. The summed E-state index contributed by atoms with van der Waals surface area (Å²) >= 11 is 3.38. The molecule has 35 heavy (non-hydrogen) atoms. The van der Waals surface area contributed by atoms with E-state index < -0.39 is 0 Å². The highest BCUT2D eigenvalue weighted by molar-refractivity contribution is 9.10. The highest BCUT2D eigenvalue weighted by atomic mass is 79.9. The minimum Gasteiger partial charge on any atom is -0.493 e. The molecule has 0 aliphatic heterocycles. The number of aromatic nitrogens is 1. The average Bonchev–Trinajstić information content (AvgIpc) is 3.10. The number of nitrogens with zero attached hydrogens (tertiary/aromatic N) is 3. The van der Waals surface area contributed by atoms with Crippen molar-refractivity contribution < 1.29 is 14.7 Å². The van der Waals surface area contributed by atoms with Crippen molar-refractivity contribution in [2.24, 2.45) is 10.2 Å². The monoisotopic (exact) mass is 540 g/mol. The van der Waals surface area contributed by atoms with Crippen LogP contribution in [0.25, 0.3) is 10.9 Å². The predicted molar refractivity (Wildman–Crippen MR) is 142 cm³/mol. The number of nitrogens with one attached hydrogen (secondary N) is 1. The quantitative estimate of drug-likeness (QED) is 0.187. The lowest BCUT2D eigenvalue weighted by Crippen LogP contribution is -2.24. The number of amides is 2. The first-order valence-electron chi connectivity index (χ1n) is 12.2. The number of unbranched alkanes of at least 4 members (excludes halogenated alkanes) is 4. The van der Waals surface area contributed by atoms with E-state index in [9.17, 15) is 14.7 Å². The zero-order valence-corrected chi connectivity index (χ0v) is 22.0. The van der Waals surface area contributed by atoms with Crippen LogP contribution in [0, 0.1) is 6.92 Å². The van der Waals surface area contributed by atoms with E-state index in [1.165, 1.54) is 0 Å². The Morgan fingerprint density at radius 2 is 1.86 bits per heavy atom. The van der Waals surface area contributed by atoms with Gasteiger partial charge in [0, 0.05) is 29.4 Å². The van der Waals surface area contributed by atoms with Crippen LogP contribution in [0.4, 0.5) is 5.69 Å². The Bertz CT molecular complexity index is 1200. The summed E-state index contributed by atoms with van der Waals surface area (Å²) in [4.78, 5) is 24.5. The summed E-state index contributed by atoms with van der Waals surface area (Å²) in [6.45, 7) is 5.36. The number of rotatable bonds is 12. The summed E-state index contributed by atoms with van der Waals surface area (Å²) in [6, 6.07) is 13.2. The third-order valence-electron chi connectivity index (χ3n) is 5.88. The first-order chi connectivity index (χ1) is 16.9. The van der Waals surface area contributed by atoms with Gasteiger partial charge in [-0.25, -0.2) is 0 Å². The third-order valence-corrected chi connectivity index (χ3v) is 6.58. The summed E-state index contributed by atoms with van der Waals surface area (Å²) in [5.41, 5.74) is 2.91. The van der Waals surface area contributed by atoms with E-state index in [0.717, 1.165) is 53.0 Å². The molecule has 0 spiro atoms. The second-order valence-electron chi connectivity index (χ2n) is 8.69. The van der Waals surface area contributed by atoms with Crippen molar-refractivity contribution in [1.29, 1.82) is 0 Å². The van der Waals surface area contributed by atoms with Gasteiger partial charge >= 0.3 is 0 Å². The molecule has 2 aromatic carbocycles. The van der Waals surface area contributed by atoms with Gasteiger partial charge < -0.3 is 15.0 Å². The number of carbonyl (C=O) groups is 2.